The van der Waals surface area contributed by atoms with Crippen LogP contribution in [-0.2, 0) is 4.79 Å². The molecule has 21 heavy (non-hydrogen) atoms. The van der Waals surface area contributed by atoms with E-state index in [-0.39, 0.29) is 28.9 Å². The highest BCUT2D eigenvalue weighted by Gasteiger charge is 2.38. The van der Waals surface area contributed by atoms with Crippen molar-refractivity contribution in [1.82, 2.24) is 4.90 Å². The van der Waals surface area contributed by atoms with E-state index in [2.05, 4.69) is 14.8 Å². The molecule has 0 radical (unpaired) electrons. The van der Waals surface area contributed by atoms with Crippen molar-refractivity contribution in [1.29, 1.82) is 0 Å². The van der Waals surface area contributed by atoms with Gasteiger partial charge in [0.15, 0.2) is 0 Å². The predicted molar refractivity (Wildman–Crippen MR) is 74.8 cm³/mol. The summed E-state index contributed by atoms with van der Waals surface area (Å²) in [5, 5.41) is 0. The average molecular weight is 285 g/mol. The molecule has 1 amide bonds. The molecule has 1 fully saturated rings. The standard InChI is InChI=1S/C14H12FN5O/c15-10-6-2-1-5-9(10)12-17-11(13(18-12)19-16)14(21)20-7-3-4-8-20/h1-2,5-6H,3-4,7-8H2. The third-order valence-corrected chi connectivity index (χ3v) is 3.45. The van der Waals surface area contributed by atoms with Crippen LogP contribution in [0.5, 0.6) is 0 Å². The van der Waals surface area contributed by atoms with Crippen LogP contribution in [0.25, 0.3) is 5.53 Å². The topological polar surface area (TPSA) is 81.4 Å². The Morgan fingerprint density at radius 1 is 1.24 bits per heavy atom. The van der Waals surface area contributed by atoms with E-state index in [9.17, 15) is 9.18 Å². The van der Waals surface area contributed by atoms with E-state index >= 15 is 0 Å². The molecule has 6 nitrogen and oxygen atoms in total. The van der Waals surface area contributed by atoms with Gasteiger partial charge in [-0.1, -0.05) is 12.1 Å². The number of amides is 1. The Labute approximate surface area is 120 Å². The van der Waals surface area contributed by atoms with Crippen molar-refractivity contribution in [2.24, 2.45) is 9.98 Å². The van der Waals surface area contributed by atoms with Gasteiger partial charge in [0.1, 0.15) is 5.82 Å². The Balaban J connectivity index is 1.96. The van der Waals surface area contributed by atoms with Gasteiger partial charge in [-0.15, -0.1) is 0 Å². The summed E-state index contributed by atoms with van der Waals surface area (Å²) in [6.45, 7) is 1.29. The first kappa shape index (κ1) is 13.3. The number of hydrogen-bond donors (Lipinski definition) is 0. The van der Waals surface area contributed by atoms with Crippen molar-refractivity contribution >= 4 is 23.3 Å². The minimum Gasteiger partial charge on any atom is -0.497 e. The van der Waals surface area contributed by atoms with E-state index in [0.29, 0.717) is 13.1 Å². The Morgan fingerprint density at radius 3 is 2.62 bits per heavy atom. The van der Waals surface area contributed by atoms with E-state index in [1.807, 2.05) is 0 Å². The summed E-state index contributed by atoms with van der Waals surface area (Å²) in [7, 11) is 0. The van der Waals surface area contributed by atoms with Crippen LogP contribution in [0.15, 0.2) is 34.3 Å². The second-order valence-corrected chi connectivity index (χ2v) is 4.80. The van der Waals surface area contributed by atoms with Crippen LogP contribution >= 0.6 is 0 Å². The number of carbonyl (C=O) groups is 1. The highest BCUT2D eigenvalue weighted by atomic mass is 19.1. The summed E-state index contributed by atoms with van der Waals surface area (Å²) in [5.74, 6) is -0.962. The van der Waals surface area contributed by atoms with Crippen molar-refractivity contribution in [2.45, 2.75) is 12.8 Å². The van der Waals surface area contributed by atoms with Crippen LogP contribution in [0, 0.1) is 5.82 Å². The molecule has 7 heteroatoms. The molecule has 0 saturated carbocycles. The quantitative estimate of drug-likeness (QED) is 0.595. The fourth-order valence-electron chi connectivity index (χ4n) is 2.38. The van der Waals surface area contributed by atoms with Crippen LogP contribution < -0.4 is 0 Å². The van der Waals surface area contributed by atoms with Gasteiger partial charge < -0.3 is 15.2 Å². The molecule has 0 aliphatic carbocycles. The first-order valence-corrected chi connectivity index (χ1v) is 6.64. The van der Waals surface area contributed by atoms with Gasteiger partial charge in [0.2, 0.25) is 5.71 Å². The van der Waals surface area contributed by atoms with Crippen LogP contribution in [-0.4, -0.2) is 46.1 Å². The molecule has 2 aliphatic heterocycles. The number of nitrogens with zero attached hydrogens (tertiary/aromatic N) is 5. The van der Waals surface area contributed by atoms with E-state index in [1.54, 1.807) is 17.0 Å². The zero-order valence-corrected chi connectivity index (χ0v) is 11.2. The van der Waals surface area contributed by atoms with Crippen molar-refractivity contribution in [3.63, 3.8) is 0 Å². The maximum Gasteiger partial charge on any atom is 0.435 e. The number of hydrogen-bond acceptors (Lipinski definition) is 2. The number of benzene rings is 1. The summed E-state index contributed by atoms with van der Waals surface area (Å²) >= 11 is 0. The highest BCUT2D eigenvalue weighted by molar-refractivity contribution is 6.68. The van der Waals surface area contributed by atoms with Crippen LogP contribution in [0.1, 0.15) is 18.4 Å². The third kappa shape index (κ3) is 2.39. The first-order chi connectivity index (χ1) is 10.2. The van der Waals surface area contributed by atoms with E-state index in [4.69, 9.17) is 5.53 Å². The molecule has 2 heterocycles. The molecule has 0 unspecified atom stereocenters. The summed E-state index contributed by atoms with van der Waals surface area (Å²) in [5.41, 5.74) is 9.12. The van der Waals surface area contributed by atoms with Crippen molar-refractivity contribution in [3.05, 3.63) is 41.2 Å². The summed E-state index contributed by atoms with van der Waals surface area (Å²) in [4.78, 5) is 24.9. The maximum absolute atomic E-state index is 13.8. The number of amidine groups is 2. The lowest BCUT2D eigenvalue weighted by Crippen LogP contribution is -2.37. The third-order valence-electron chi connectivity index (χ3n) is 3.45. The molecule has 1 saturated heterocycles. The lowest BCUT2D eigenvalue weighted by molar-refractivity contribution is -0.123. The zero-order valence-electron chi connectivity index (χ0n) is 11.2. The predicted octanol–water partition coefficient (Wildman–Crippen LogP) is 1.28. The van der Waals surface area contributed by atoms with Gasteiger partial charge in [-0.25, -0.2) is 4.39 Å². The van der Waals surface area contributed by atoms with Crippen molar-refractivity contribution in [3.8, 4) is 0 Å². The monoisotopic (exact) mass is 285 g/mol. The first-order valence-electron chi connectivity index (χ1n) is 6.64. The second-order valence-electron chi connectivity index (χ2n) is 4.80. The maximum atomic E-state index is 13.8. The zero-order chi connectivity index (χ0) is 14.8. The van der Waals surface area contributed by atoms with Gasteiger partial charge >= 0.3 is 5.84 Å². The van der Waals surface area contributed by atoms with Crippen molar-refractivity contribution in [2.75, 3.05) is 13.1 Å². The Hall–Kier alpha value is -2.66. The molecule has 0 N–H and O–H groups in total. The molecule has 1 aromatic rings. The van der Waals surface area contributed by atoms with Gasteiger partial charge in [0.05, 0.1) is 5.56 Å². The Kier molecular flexibility index (Phi) is 3.41. The SMILES string of the molecule is [N-]=[N+]=C1N=C(c2ccccc2F)N=C1C(=O)N1CCCC1. The highest BCUT2D eigenvalue weighted by Crippen LogP contribution is 2.15. The van der Waals surface area contributed by atoms with Gasteiger partial charge in [-0.3, -0.25) is 4.79 Å². The van der Waals surface area contributed by atoms with Crippen LogP contribution in [0.2, 0.25) is 0 Å². The lowest BCUT2D eigenvalue weighted by Gasteiger charge is -2.12. The molecule has 2 aliphatic rings. The molecule has 0 spiro atoms. The number of rotatable bonds is 2. The second kappa shape index (κ2) is 5.38. The average Bonchev–Trinajstić information content (AvgIpc) is 3.16. The van der Waals surface area contributed by atoms with Crippen LogP contribution in [0.3, 0.4) is 0 Å². The van der Waals surface area contributed by atoms with E-state index in [1.165, 1.54) is 12.1 Å². The Bertz CT molecular complexity index is 712. The van der Waals surface area contributed by atoms with Gasteiger partial charge in [-0.05, 0) is 30.0 Å². The minimum absolute atomic E-state index is 0.0438. The molecule has 1 aromatic carbocycles. The summed E-state index contributed by atoms with van der Waals surface area (Å²) in [6, 6.07) is 5.99. The van der Waals surface area contributed by atoms with E-state index in [0.717, 1.165) is 12.8 Å². The lowest BCUT2D eigenvalue weighted by atomic mass is 10.2. The molecule has 0 atom stereocenters. The molecular weight excluding hydrogens is 273 g/mol. The minimum atomic E-state index is -0.493. The van der Waals surface area contributed by atoms with Crippen molar-refractivity contribution < 1.29 is 14.0 Å². The van der Waals surface area contributed by atoms with Gasteiger partial charge in [0.25, 0.3) is 11.7 Å². The number of likely N-dealkylation sites (tertiary alicyclic amines) is 1. The fourth-order valence-corrected chi connectivity index (χ4v) is 2.38. The fraction of sp³-hybridized carbons (Fsp3) is 0.286. The molecule has 0 aromatic heterocycles. The van der Waals surface area contributed by atoms with E-state index < -0.39 is 5.82 Å². The summed E-state index contributed by atoms with van der Waals surface area (Å²) < 4.78 is 13.8. The molecule has 3 rings (SSSR count). The molecule has 106 valence electrons. The smallest absolute Gasteiger partial charge is 0.435 e. The normalized spacial score (nSPS) is 17.6. The Morgan fingerprint density at radius 2 is 1.95 bits per heavy atom. The molecular formula is C14H12FN5O. The number of carbonyl (C=O) groups excluding carboxylic acids is 1. The van der Waals surface area contributed by atoms with Gasteiger partial charge in [0, 0.05) is 13.1 Å². The number of halogens is 1. The van der Waals surface area contributed by atoms with Gasteiger partial charge in [-0.2, -0.15) is 4.99 Å². The van der Waals surface area contributed by atoms with Crippen LogP contribution in [0.4, 0.5) is 4.39 Å². The summed E-state index contributed by atoms with van der Waals surface area (Å²) in [6.07, 6.45) is 1.87. The molecule has 0 bridgehead atoms. The largest absolute Gasteiger partial charge is 0.497 e. The number of aliphatic imine (C=N–C) groups is 2.